The summed E-state index contributed by atoms with van der Waals surface area (Å²) in [5.41, 5.74) is -3.02. The highest BCUT2D eigenvalue weighted by atomic mass is 19.3. The van der Waals surface area contributed by atoms with Crippen molar-refractivity contribution in [1.82, 2.24) is 0 Å². The van der Waals surface area contributed by atoms with Gasteiger partial charge < -0.3 is 19.4 Å². The molecule has 0 radical (unpaired) electrons. The number of hydrogen-bond acceptors (Lipinski definition) is 6. The molecule has 1 aliphatic rings. The summed E-state index contributed by atoms with van der Waals surface area (Å²) in [6.45, 7) is 3.41. The Morgan fingerprint density at radius 2 is 1.44 bits per heavy atom. The molecule has 1 aromatic rings. The van der Waals surface area contributed by atoms with Gasteiger partial charge in [0.2, 0.25) is 0 Å². The molecule has 1 aromatic carbocycles. The first-order valence-corrected chi connectivity index (χ1v) is 8.54. The lowest BCUT2D eigenvalue weighted by Crippen LogP contribution is -2.57. The van der Waals surface area contributed by atoms with Crippen LogP contribution in [0.4, 0.5) is 8.78 Å². The van der Waals surface area contributed by atoms with Crippen molar-refractivity contribution in [1.29, 1.82) is 0 Å². The monoisotopic (exact) mass is 383 g/mol. The minimum Gasteiger partial charge on any atom is -0.544 e. The second-order valence-corrected chi connectivity index (χ2v) is 7.39. The van der Waals surface area contributed by atoms with Crippen LogP contribution in [0.1, 0.15) is 67.2 Å². The third-order valence-corrected chi connectivity index (χ3v) is 4.72. The Hall–Kier alpha value is -2.51. The predicted molar refractivity (Wildman–Crippen MR) is 88.2 cm³/mol. The summed E-state index contributed by atoms with van der Waals surface area (Å²) in [7, 11) is 0. The van der Waals surface area contributed by atoms with Gasteiger partial charge in [0.25, 0.3) is 0 Å². The predicted octanol–water partition coefficient (Wildman–Crippen LogP) is 2.50. The summed E-state index contributed by atoms with van der Waals surface area (Å²) < 4.78 is 37.4. The normalized spacial score (nSPS) is 16.6. The van der Waals surface area contributed by atoms with E-state index >= 15 is 0 Å². The molecule has 0 unspecified atom stereocenters. The number of benzene rings is 1. The van der Waals surface area contributed by atoms with Crippen LogP contribution in [0.15, 0.2) is 24.3 Å². The van der Waals surface area contributed by atoms with Crippen molar-refractivity contribution in [3.8, 4) is 0 Å². The fourth-order valence-electron chi connectivity index (χ4n) is 2.85. The van der Waals surface area contributed by atoms with Gasteiger partial charge in [0.1, 0.15) is 11.6 Å². The molecule has 1 aliphatic carbocycles. The first-order chi connectivity index (χ1) is 12.4. The van der Waals surface area contributed by atoms with Crippen LogP contribution in [-0.2, 0) is 14.3 Å². The number of halogens is 2. The minimum atomic E-state index is -4.37. The number of carboxylic acids is 1. The van der Waals surface area contributed by atoms with Gasteiger partial charge in [-0.3, -0.25) is 0 Å². The third kappa shape index (κ3) is 4.43. The van der Waals surface area contributed by atoms with Gasteiger partial charge in [-0.05, 0) is 70.7 Å². The Morgan fingerprint density at radius 1 is 1.00 bits per heavy atom. The second-order valence-electron chi connectivity index (χ2n) is 7.39. The van der Waals surface area contributed by atoms with Gasteiger partial charge in [-0.15, -0.1) is 0 Å². The number of rotatable bonds is 6. The number of carboxylic acid groups (broad SMARTS) is 1. The van der Waals surface area contributed by atoms with Crippen LogP contribution < -0.4 is 5.11 Å². The standard InChI is InChI=1S/C19H22F2O6/c1-17(2,19(20,21)16(24)25)26-14(22)12-6-8-13(9-7-12)15(23)27-18(3)10-4-5-11-18/h6-9H,4-5,10-11H2,1-3H3,(H,24,25)/p-1. The van der Waals surface area contributed by atoms with Crippen LogP contribution in [0.2, 0.25) is 0 Å². The van der Waals surface area contributed by atoms with Gasteiger partial charge in [-0.2, -0.15) is 8.78 Å². The van der Waals surface area contributed by atoms with Crippen molar-refractivity contribution in [3.63, 3.8) is 0 Å². The lowest BCUT2D eigenvalue weighted by Gasteiger charge is -2.33. The fraction of sp³-hybridized carbons (Fsp3) is 0.526. The van der Waals surface area contributed by atoms with E-state index in [1.54, 1.807) is 0 Å². The average molecular weight is 383 g/mol. The maximum absolute atomic E-state index is 13.6. The molecule has 6 nitrogen and oxygen atoms in total. The van der Waals surface area contributed by atoms with Gasteiger partial charge in [0, 0.05) is 0 Å². The van der Waals surface area contributed by atoms with Gasteiger partial charge >= 0.3 is 17.9 Å². The van der Waals surface area contributed by atoms with Gasteiger partial charge in [0.05, 0.1) is 11.1 Å². The molecule has 2 rings (SSSR count). The SMILES string of the molecule is CC1(OC(=O)c2ccc(C(=O)OC(C)(C)C(F)(F)C(=O)[O-])cc2)CCCC1. The van der Waals surface area contributed by atoms with Crippen molar-refractivity contribution < 1.29 is 37.7 Å². The van der Waals surface area contributed by atoms with Crippen LogP contribution in [0.5, 0.6) is 0 Å². The lowest BCUT2D eigenvalue weighted by molar-refractivity contribution is -0.341. The van der Waals surface area contributed by atoms with E-state index in [1.807, 2.05) is 6.92 Å². The molecule has 0 aliphatic heterocycles. The van der Waals surface area contributed by atoms with Crippen molar-refractivity contribution in [3.05, 3.63) is 35.4 Å². The van der Waals surface area contributed by atoms with E-state index in [9.17, 15) is 28.3 Å². The van der Waals surface area contributed by atoms with Crippen molar-refractivity contribution in [2.24, 2.45) is 0 Å². The summed E-state index contributed by atoms with van der Waals surface area (Å²) in [5.74, 6) is -8.70. The summed E-state index contributed by atoms with van der Waals surface area (Å²) in [5, 5.41) is 10.6. The Balaban J connectivity index is 2.07. The molecule has 1 fully saturated rings. The van der Waals surface area contributed by atoms with Crippen molar-refractivity contribution >= 4 is 17.9 Å². The van der Waals surface area contributed by atoms with E-state index in [4.69, 9.17) is 4.74 Å². The van der Waals surface area contributed by atoms with Crippen molar-refractivity contribution in [2.75, 3.05) is 0 Å². The second kappa shape index (κ2) is 7.25. The summed E-state index contributed by atoms with van der Waals surface area (Å²) in [6, 6.07) is 5.09. The largest absolute Gasteiger partial charge is 0.544 e. The van der Waals surface area contributed by atoms with E-state index in [-0.39, 0.29) is 11.1 Å². The zero-order valence-corrected chi connectivity index (χ0v) is 15.3. The van der Waals surface area contributed by atoms with Crippen LogP contribution in [0.25, 0.3) is 0 Å². The van der Waals surface area contributed by atoms with Crippen LogP contribution in [0.3, 0.4) is 0 Å². The molecular weight excluding hydrogens is 362 g/mol. The van der Waals surface area contributed by atoms with Crippen LogP contribution >= 0.6 is 0 Å². The fourth-order valence-corrected chi connectivity index (χ4v) is 2.85. The highest BCUT2D eigenvalue weighted by molar-refractivity contribution is 5.93. The maximum atomic E-state index is 13.6. The number of alkyl halides is 2. The topological polar surface area (TPSA) is 92.7 Å². The van der Waals surface area contributed by atoms with E-state index in [0.29, 0.717) is 0 Å². The van der Waals surface area contributed by atoms with Gasteiger partial charge in [0.15, 0.2) is 5.60 Å². The number of hydrogen-bond donors (Lipinski definition) is 0. The zero-order valence-electron chi connectivity index (χ0n) is 15.3. The smallest absolute Gasteiger partial charge is 0.338 e. The first kappa shape index (κ1) is 20.8. The summed E-state index contributed by atoms with van der Waals surface area (Å²) in [4.78, 5) is 34.8. The van der Waals surface area contributed by atoms with Crippen LogP contribution in [-0.4, -0.2) is 35.0 Å². The van der Waals surface area contributed by atoms with Gasteiger partial charge in [-0.25, -0.2) is 9.59 Å². The molecule has 0 saturated heterocycles. The highest BCUT2D eigenvalue weighted by Crippen LogP contribution is 2.34. The number of ether oxygens (including phenoxy) is 2. The molecule has 8 heteroatoms. The average Bonchev–Trinajstić information content (AvgIpc) is 3.00. The van der Waals surface area contributed by atoms with E-state index in [0.717, 1.165) is 39.5 Å². The first-order valence-electron chi connectivity index (χ1n) is 8.54. The molecule has 27 heavy (non-hydrogen) atoms. The van der Waals surface area contributed by atoms with E-state index < -0.39 is 35.0 Å². The van der Waals surface area contributed by atoms with Gasteiger partial charge in [-0.1, -0.05) is 0 Å². The molecule has 0 atom stereocenters. The Labute approximate surface area is 155 Å². The maximum Gasteiger partial charge on any atom is 0.338 e. The molecule has 1 saturated carbocycles. The molecule has 0 N–H and O–H groups in total. The number of aliphatic carboxylic acids is 1. The quantitative estimate of drug-likeness (QED) is 0.701. The summed E-state index contributed by atoms with van der Waals surface area (Å²) in [6.07, 6.45) is 3.54. The Bertz CT molecular complexity index is 733. The van der Waals surface area contributed by atoms with Crippen LogP contribution in [0, 0.1) is 0 Å². The number of carbonyl (C=O) groups is 3. The molecule has 0 bridgehead atoms. The minimum absolute atomic E-state index is 0.110. The molecule has 0 aromatic heterocycles. The molecule has 0 heterocycles. The molecule has 148 valence electrons. The number of carbonyl (C=O) groups excluding carboxylic acids is 3. The van der Waals surface area contributed by atoms with E-state index in [2.05, 4.69) is 4.74 Å². The van der Waals surface area contributed by atoms with Crippen molar-refractivity contribution in [2.45, 2.75) is 63.6 Å². The third-order valence-electron chi connectivity index (χ3n) is 4.72. The number of esters is 2. The lowest BCUT2D eigenvalue weighted by atomic mass is 10.00. The highest BCUT2D eigenvalue weighted by Gasteiger charge is 2.51. The summed E-state index contributed by atoms with van der Waals surface area (Å²) >= 11 is 0. The Morgan fingerprint density at radius 3 is 1.89 bits per heavy atom. The van der Waals surface area contributed by atoms with E-state index in [1.165, 1.54) is 24.3 Å². The molecule has 0 spiro atoms. The molecular formula is C19H21F2O6-. The zero-order chi connectivity index (χ0) is 20.5. The Kier molecular flexibility index (Phi) is 5.58. The molecule has 0 amide bonds.